The van der Waals surface area contributed by atoms with Gasteiger partial charge in [0.05, 0.1) is 0 Å². The minimum absolute atomic E-state index is 0.101. The van der Waals surface area contributed by atoms with E-state index < -0.39 is 6.04 Å². The Labute approximate surface area is 170 Å². The molecule has 3 amide bonds. The first-order valence-electron chi connectivity index (χ1n) is 10.8. The van der Waals surface area contributed by atoms with E-state index in [-0.39, 0.29) is 24.1 Å². The Hall–Kier alpha value is -2.25. The van der Waals surface area contributed by atoms with Gasteiger partial charge in [-0.2, -0.15) is 0 Å². The van der Waals surface area contributed by atoms with Gasteiger partial charge in [-0.25, -0.2) is 0 Å². The Kier molecular flexibility index (Phi) is 4.87. The second-order valence-corrected chi connectivity index (χ2v) is 8.82. The molecule has 3 heterocycles. The number of rotatable bonds is 4. The van der Waals surface area contributed by atoms with Crippen LogP contribution in [0.3, 0.4) is 0 Å². The summed E-state index contributed by atoms with van der Waals surface area (Å²) in [5.41, 5.74) is 2.91. The molecule has 5 rings (SSSR count). The summed E-state index contributed by atoms with van der Waals surface area (Å²) in [7, 11) is 0. The predicted molar refractivity (Wildman–Crippen MR) is 107 cm³/mol. The summed E-state index contributed by atoms with van der Waals surface area (Å²) >= 11 is 0. The number of carbonyl (C=O) groups is 3. The first kappa shape index (κ1) is 18.8. The quantitative estimate of drug-likeness (QED) is 0.743. The van der Waals surface area contributed by atoms with Crippen molar-refractivity contribution in [3.63, 3.8) is 0 Å². The minimum atomic E-state index is -0.549. The maximum absolute atomic E-state index is 12.9. The van der Waals surface area contributed by atoms with Crippen LogP contribution in [-0.2, 0) is 22.7 Å². The van der Waals surface area contributed by atoms with Crippen LogP contribution in [0.5, 0.6) is 0 Å². The van der Waals surface area contributed by atoms with Crippen LogP contribution >= 0.6 is 0 Å². The van der Waals surface area contributed by atoms with Crippen LogP contribution in [0.1, 0.15) is 53.6 Å². The van der Waals surface area contributed by atoms with E-state index in [1.165, 1.54) is 24.8 Å². The van der Waals surface area contributed by atoms with Crippen LogP contribution in [0.25, 0.3) is 0 Å². The number of nitrogens with one attached hydrogen (secondary N) is 2. The van der Waals surface area contributed by atoms with Crippen molar-refractivity contribution in [2.24, 2.45) is 5.92 Å². The molecular weight excluding hydrogens is 368 g/mol. The molecule has 4 aliphatic rings. The lowest BCUT2D eigenvalue weighted by Crippen LogP contribution is -2.55. The monoisotopic (exact) mass is 396 g/mol. The average molecular weight is 396 g/mol. The van der Waals surface area contributed by atoms with E-state index in [1.807, 2.05) is 6.07 Å². The SMILES string of the molecule is O=C1CCC(N2Cc3cc(CN4CCNCC4C4CCC4)ccc3C2=O)C(=O)N1. The molecule has 2 unspecified atom stereocenters. The summed E-state index contributed by atoms with van der Waals surface area (Å²) in [4.78, 5) is 40.7. The van der Waals surface area contributed by atoms with E-state index in [2.05, 4.69) is 27.7 Å². The fourth-order valence-electron chi connectivity index (χ4n) is 5.21. The summed E-state index contributed by atoms with van der Waals surface area (Å²) in [6.07, 6.45) is 4.71. The number of imide groups is 1. The van der Waals surface area contributed by atoms with Gasteiger partial charge in [0.15, 0.2) is 0 Å². The number of fused-ring (bicyclic) bond motifs is 1. The normalized spacial score (nSPS) is 28.3. The van der Waals surface area contributed by atoms with Gasteiger partial charge in [-0.1, -0.05) is 18.6 Å². The van der Waals surface area contributed by atoms with Gasteiger partial charge >= 0.3 is 0 Å². The van der Waals surface area contributed by atoms with Crippen molar-refractivity contribution in [2.45, 2.75) is 57.3 Å². The van der Waals surface area contributed by atoms with Crippen LogP contribution in [-0.4, -0.2) is 59.2 Å². The molecule has 1 saturated carbocycles. The highest BCUT2D eigenvalue weighted by molar-refractivity contribution is 6.05. The largest absolute Gasteiger partial charge is 0.322 e. The molecule has 1 aromatic carbocycles. The zero-order chi connectivity index (χ0) is 20.0. The van der Waals surface area contributed by atoms with E-state index in [0.717, 1.165) is 37.7 Å². The first-order valence-corrected chi connectivity index (χ1v) is 10.8. The lowest BCUT2D eigenvalue weighted by Gasteiger charge is -2.44. The summed E-state index contributed by atoms with van der Waals surface area (Å²) in [5, 5.41) is 5.90. The van der Waals surface area contributed by atoms with Gasteiger partial charge in [0.2, 0.25) is 11.8 Å². The molecule has 29 heavy (non-hydrogen) atoms. The molecule has 7 heteroatoms. The van der Waals surface area contributed by atoms with Crippen LogP contribution in [0.15, 0.2) is 18.2 Å². The van der Waals surface area contributed by atoms with Crippen LogP contribution < -0.4 is 10.6 Å². The van der Waals surface area contributed by atoms with Crippen molar-refractivity contribution in [3.05, 3.63) is 34.9 Å². The number of carbonyl (C=O) groups excluding carboxylic acids is 3. The number of piperidine rings is 1. The van der Waals surface area contributed by atoms with Gasteiger partial charge in [-0.05, 0) is 42.4 Å². The third kappa shape index (κ3) is 3.46. The number of hydrogen-bond donors (Lipinski definition) is 2. The zero-order valence-corrected chi connectivity index (χ0v) is 16.7. The Bertz CT molecular complexity index is 850. The molecule has 2 saturated heterocycles. The van der Waals surface area contributed by atoms with Gasteiger partial charge in [0, 0.05) is 50.7 Å². The lowest BCUT2D eigenvalue weighted by molar-refractivity contribution is -0.136. The topological polar surface area (TPSA) is 81.8 Å². The Morgan fingerprint density at radius 1 is 1.10 bits per heavy atom. The molecule has 1 aromatic rings. The second-order valence-electron chi connectivity index (χ2n) is 8.82. The minimum Gasteiger partial charge on any atom is -0.322 e. The Balaban J connectivity index is 1.30. The average Bonchev–Trinajstić information content (AvgIpc) is 2.98. The molecular formula is C22H28N4O3. The number of hydrogen-bond acceptors (Lipinski definition) is 5. The van der Waals surface area contributed by atoms with E-state index >= 15 is 0 Å². The van der Waals surface area contributed by atoms with Crippen molar-refractivity contribution in [1.29, 1.82) is 0 Å². The molecule has 3 aliphatic heterocycles. The molecule has 154 valence electrons. The van der Waals surface area contributed by atoms with Crippen molar-refractivity contribution in [2.75, 3.05) is 19.6 Å². The van der Waals surface area contributed by atoms with Crippen molar-refractivity contribution < 1.29 is 14.4 Å². The van der Waals surface area contributed by atoms with Crippen LogP contribution in [0.4, 0.5) is 0 Å². The molecule has 2 N–H and O–H groups in total. The summed E-state index contributed by atoms with van der Waals surface area (Å²) in [5.74, 6) is 0.0962. The molecule has 2 atom stereocenters. The third-order valence-electron chi connectivity index (χ3n) is 7.07. The molecule has 0 bridgehead atoms. The van der Waals surface area contributed by atoms with E-state index in [1.54, 1.807) is 4.90 Å². The highest BCUT2D eigenvalue weighted by Crippen LogP contribution is 2.34. The van der Waals surface area contributed by atoms with E-state index in [9.17, 15) is 14.4 Å². The van der Waals surface area contributed by atoms with Gasteiger partial charge in [-0.15, -0.1) is 0 Å². The zero-order valence-electron chi connectivity index (χ0n) is 16.7. The first-order chi connectivity index (χ1) is 14.1. The maximum Gasteiger partial charge on any atom is 0.255 e. The highest BCUT2D eigenvalue weighted by atomic mass is 16.2. The van der Waals surface area contributed by atoms with E-state index in [4.69, 9.17) is 0 Å². The molecule has 3 fully saturated rings. The number of piperazine rings is 1. The van der Waals surface area contributed by atoms with Crippen molar-refractivity contribution in [1.82, 2.24) is 20.4 Å². The standard InChI is InChI=1S/C22H28N4O3/c27-20-7-6-18(21(28)24-20)26-13-16-10-14(4-5-17(16)22(26)29)12-25-9-8-23-11-19(25)15-2-1-3-15/h4-5,10,15,18-19,23H,1-3,6-9,11-13H2,(H,24,27,28). The van der Waals surface area contributed by atoms with Crippen LogP contribution in [0, 0.1) is 5.92 Å². The molecule has 0 spiro atoms. The number of benzene rings is 1. The van der Waals surface area contributed by atoms with E-state index in [0.29, 0.717) is 24.6 Å². The van der Waals surface area contributed by atoms with Gasteiger partial charge in [0.1, 0.15) is 6.04 Å². The molecule has 1 aliphatic carbocycles. The van der Waals surface area contributed by atoms with Gasteiger partial charge in [0.25, 0.3) is 5.91 Å². The van der Waals surface area contributed by atoms with Crippen LogP contribution in [0.2, 0.25) is 0 Å². The Morgan fingerprint density at radius 3 is 2.72 bits per heavy atom. The molecule has 7 nitrogen and oxygen atoms in total. The fraction of sp³-hybridized carbons (Fsp3) is 0.591. The second kappa shape index (κ2) is 7.54. The summed E-state index contributed by atoms with van der Waals surface area (Å²) < 4.78 is 0. The summed E-state index contributed by atoms with van der Waals surface area (Å²) in [6, 6.07) is 6.17. The molecule has 0 radical (unpaired) electrons. The number of nitrogens with zero attached hydrogens (tertiary/aromatic N) is 2. The summed E-state index contributed by atoms with van der Waals surface area (Å²) in [6.45, 7) is 4.50. The van der Waals surface area contributed by atoms with Crippen molar-refractivity contribution in [3.8, 4) is 0 Å². The fourth-order valence-corrected chi connectivity index (χ4v) is 5.21. The van der Waals surface area contributed by atoms with Crippen molar-refractivity contribution >= 4 is 17.7 Å². The lowest BCUT2D eigenvalue weighted by atomic mass is 9.78. The number of amides is 3. The third-order valence-corrected chi connectivity index (χ3v) is 7.07. The smallest absolute Gasteiger partial charge is 0.255 e. The van der Waals surface area contributed by atoms with Gasteiger partial charge < -0.3 is 10.2 Å². The maximum atomic E-state index is 12.9. The van der Waals surface area contributed by atoms with Gasteiger partial charge in [-0.3, -0.25) is 24.6 Å². The molecule has 0 aromatic heterocycles. The predicted octanol–water partition coefficient (Wildman–Crippen LogP) is 1.02. The highest BCUT2D eigenvalue weighted by Gasteiger charge is 2.39. The Morgan fingerprint density at radius 2 is 1.97 bits per heavy atom.